The zero-order valence-corrected chi connectivity index (χ0v) is 9.63. The van der Waals surface area contributed by atoms with Crippen LogP contribution in [-0.2, 0) is 6.42 Å². The van der Waals surface area contributed by atoms with Crippen molar-refractivity contribution in [3.8, 4) is 0 Å². The zero-order chi connectivity index (χ0) is 12.3. The first-order valence-corrected chi connectivity index (χ1v) is 5.51. The SMILES string of the molecule is CCCc1ccc(C(=O)n2cnc(N)n2)cc1. The molecule has 88 valence electrons. The molecule has 5 heteroatoms. The summed E-state index contributed by atoms with van der Waals surface area (Å²) in [6.45, 7) is 2.12. The molecular weight excluding hydrogens is 216 g/mol. The minimum absolute atomic E-state index is 0.0981. The Kier molecular flexibility index (Phi) is 3.18. The van der Waals surface area contributed by atoms with Crippen LogP contribution in [0, 0.1) is 0 Å². The molecule has 5 nitrogen and oxygen atoms in total. The largest absolute Gasteiger partial charge is 0.366 e. The monoisotopic (exact) mass is 230 g/mol. The molecule has 0 aliphatic heterocycles. The number of nitrogens with zero attached hydrogens (tertiary/aromatic N) is 3. The molecule has 0 unspecified atom stereocenters. The summed E-state index contributed by atoms with van der Waals surface area (Å²) in [4.78, 5) is 15.7. The Morgan fingerprint density at radius 1 is 1.35 bits per heavy atom. The van der Waals surface area contributed by atoms with Gasteiger partial charge in [0.05, 0.1) is 0 Å². The quantitative estimate of drug-likeness (QED) is 0.867. The molecule has 0 radical (unpaired) electrons. The molecule has 0 saturated carbocycles. The van der Waals surface area contributed by atoms with Gasteiger partial charge in [-0.25, -0.2) is 4.98 Å². The van der Waals surface area contributed by atoms with Gasteiger partial charge in [-0.05, 0) is 24.1 Å². The zero-order valence-electron chi connectivity index (χ0n) is 9.63. The summed E-state index contributed by atoms with van der Waals surface area (Å²) >= 11 is 0. The summed E-state index contributed by atoms with van der Waals surface area (Å²) in [5.74, 6) is -0.127. The second-order valence-corrected chi connectivity index (χ2v) is 3.80. The molecule has 1 aromatic heterocycles. The highest BCUT2D eigenvalue weighted by atomic mass is 16.2. The standard InChI is InChI=1S/C12H14N4O/c1-2-3-9-4-6-10(7-5-9)11(17)16-8-14-12(13)15-16/h4-8H,2-3H2,1H3,(H2,13,15). The minimum Gasteiger partial charge on any atom is -0.366 e. The van der Waals surface area contributed by atoms with Gasteiger partial charge < -0.3 is 5.73 Å². The molecule has 0 fully saturated rings. The maximum Gasteiger partial charge on any atom is 0.279 e. The van der Waals surface area contributed by atoms with E-state index in [0.29, 0.717) is 5.56 Å². The predicted molar refractivity (Wildman–Crippen MR) is 64.6 cm³/mol. The molecular formula is C12H14N4O. The fraction of sp³-hybridized carbons (Fsp3) is 0.250. The minimum atomic E-state index is -0.225. The second-order valence-electron chi connectivity index (χ2n) is 3.80. The Labute approximate surface area is 99.3 Å². The highest BCUT2D eigenvalue weighted by Gasteiger charge is 2.09. The van der Waals surface area contributed by atoms with Crippen molar-refractivity contribution in [3.05, 3.63) is 41.7 Å². The van der Waals surface area contributed by atoms with Gasteiger partial charge in [0.2, 0.25) is 5.95 Å². The van der Waals surface area contributed by atoms with Crippen LogP contribution >= 0.6 is 0 Å². The smallest absolute Gasteiger partial charge is 0.279 e. The molecule has 2 N–H and O–H groups in total. The summed E-state index contributed by atoms with van der Waals surface area (Å²) in [6, 6.07) is 7.50. The molecule has 17 heavy (non-hydrogen) atoms. The van der Waals surface area contributed by atoms with Gasteiger partial charge in [-0.15, -0.1) is 5.10 Å². The molecule has 1 aromatic carbocycles. The second kappa shape index (κ2) is 4.78. The highest BCUT2D eigenvalue weighted by molar-refractivity contribution is 5.95. The number of nitrogen functional groups attached to an aromatic ring is 1. The van der Waals surface area contributed by atoms with Crippen LogP contribution < -0.4 is 5.73 Å². The summed E-state index contributed by atoms with van der Waals surface area (Å²) in [5, 5.41) is 3.78. The number of benzene rings is 1. The van der Waals surface area contributed by atoms with Crippen LogP contribution in [0.3, 0.4) is 0 Å². The number of hydrogen-bond donors (Lipinski definition) is 1. The lowest BCUT2D eigenvalue weighted by atomic mass is 10.1. The maximum absolute atomic E-state index is 11.9. The van der Waals surface area contributed by atoms with E-state index in [9.17, 15) is 4.79 Å². The third kappa shape index (κ3) is 2.50. The van der Waals surface area contributed by atoms with E-state index < -0.39 is 0 Å². The van der Waals surface area contributed by atoms with Crippen molar-refractivity contribution in [3.63, 3.8) is 0 Å². The number of nitrogens with two attached hydrogens (primary N) is 1. The number of aryl methyl sites for hydroxylation is 1. The normalized spacial score (nSPS) is 10.4. The van der Waals surface area contributed by atoms with Crippen molar-refractivity contribution in [2.24, 2.45) is 0 Å². The van der Waals surface area contributed by atoms with Gasteiger partial charge in [-0.2, -0.15) is 4.68 Å². The first-order chi connectivity index (χ1) is 8.20. The van der Waals surface area contributed by atoms with Crippen LogP contribution in [0.1, 0.15) is 29.3 Å². The molecule has 0 spiro atoms. The van der Waals surface area contributed by atoms with E-state index in [0.717, 1.165) is 17.5 Å². The number of carbonyl (C=O) groups excluding carboxylic acids is 1. The van der Waals surface area contributed by atoms with Crippen molar-refractivity contribution >= 4 is 11.9 Å². The van der Waals surface area contributed by atoms with Gasteiger partial charge >= 0.3 is 0 Å². The van der Waals surface area contributed by atoms with Crippen molar-refractivity contribution in [1.29, 1.82) is 0 Å². The van der Waals surface area contributed by atoms with Gasteiger partial charge in [0.25, 0.3) is 5.91 Å². The van der Waals surface area contributed by atoms with E-state index in [4.69, 9.17) is 5.73 Å². The van der Waals surface area contributed by atoms with Gasteiger partial charge in [0, 0.05) is 5.56 Å². The average molecular weight is 230 g/mol. The van der Waals surface area contributed by atoms with E-state index in [1.807, 2.05) is 12.1 Å². The van der Waals surface area contributed by atoms with E-state index in [2.05, 4.69) is 17.0 Å². The molecule has 0 aliphatic rings. The number of carbonyl (C=O) groups is 1. The lowest BCUT2D eigenvalue weighted by Gasteiger charge is -2.02. The maximum atomic E-state index is 11.9. The van der Waals surface area contributed by atoms with Crippen molar-refractivity contribution in [2.45, 2.75) is 19.8 Å². The Balaban J connectivity index is 2.20. The van der Waals surface area contributed by atoms with Crippen molar-refractivity contribution in [1.82, 2.24) is 14.8 Å². The van der Waals surface area contributed by atoms with Gasteiger partial charge in [-0.1, -0.05) is 25.5 Å². The highest BCUT2D eigenvalue weighted by Crippen LogP contribution is 2.08. The van der Waals surface area contributed by atoms with Crippen molar-refractivity contribution < 1.29 is 4.79 Å². The fourth-order valence-corrected chi connectivity index (χ4v) is 1.61. The van der Waals surface area contributed by atoms with Crippen LogP contribution in [0.2, 0.25) is 0 Å². The Hall–Kier alpha value is -2.17. The summed E-state index contributed by atoms with van der Waals surface area (Å²) in [6.07, 6.45) is 3.43. The van der Waals surface area contributed by atoms with Gasteiger partial charge in [0.15, 0.2) is 0 Å². The third-order valence-electron chi connectivity index (χ3n) is 2.46. The Morgan fingerprint density at radius 3 is 2.59 bits per heavy atom. The lowest BCUT2D eigenvalue weighted by molar-refractivity contribution is 0.0945. The molecule has 0 aliphatic carbocycles. The first kappa shape index (κ1) is 11.3. The molecule has 0 atom stereocenters. The summed E-state index contributed by atoms with van der Waals surface area (Å²) < 4.78 is 1.14. The van der Waals surface area contributed by atoms with Crippen LogP contribution in [-0.4, -0.2) is 20.7 Å². The van der Waals surface area contributed by atoms with Crippen LogP contribution in [0.15, 0.2) is 30.6 Å². The number of rotatable bonds is 3. The molecule has 0 bridgehead atoms. The molecule has 0 saturated heterocycles. The van der Waals surface area contributed by atoms with E-state index in [-0.39, 0.29) is 11.9 Å². The van der Waals surface area contributed by atoms with Crippen LogP contribution in [0.25, 0.3) is 0 Å². The fourth-order valence-electron chi connectivity index (χ4n) is 1.61. The van der Waals surface area contributed by atoms with Gasteiger partial charge in [0.1, 0.15) is 6.33 Å². The Morgan fingerprint density at radius 2 is 2.06 bits per heavy atom. The van der Waals surface area contributed by atoms with Crippen LogP contribution in [0.5, 0.6) is 0 Å². The Bertz CT molecular complexity index is 516. The molecule has 0 amide bonds. The summed E-state index contributed by atoms with van der Waals surface area (Å²) in [7, 11) is 0. The van der Waals surface area contributed by atoms with E-state index in [1.165, 1.54) is 11.9 Å². The van der Waals surface area contributed by atoms with E-state index >= 15 is 0 Å². The summed E-state index contributed by atoms with van der Waals surface area (Å²) in [5.41, 5.74) is 7.17. The lowest BCUT2D eigenvalue weighted by Crippen LogP contribution is -2.12. The van der Waals surface area contributed by atoms with Crippen molar-refractivity contribution in [2.75, 3.05) is 5.73 Å². The topological polar surface area (TPSA) is 73.8 Å². The van der Waals surface area contributed by atoms with Crippen LogP contribution in [0.4, 0.5) is 5.95 Å². The average Bonchev–Trinajstić information content (AvgIpc) is 2.76. The number of hydrogen-bond acceptors (Lipinski definition) is 4. The molecule has 1 heterocycles. The molecule has 2 aromatic rings. The van der Waals surface area contributed by atoms with Gasteiger partial charge in [-0.3, -0.25) is 4.79 Å². The van der Waals surface area contributed by atoms with E-state index in [1.54, 1.807) is 12.1 Å². The number of aromatic nitrogens is 3. The number of anilines is 1. The first-order valence-electron chi connectivity index (χ1n) is 5.51. The molecule has 2 rings (SSSR count). The third-order valence-corrected chi connectivity index (χ3v) is 2.46. The predicted octanol–water partition coefficient (Wildman–Crippen LogP) is 1.50.